The van der Waals surface area contributed by atoms with Crippen LogP contribution < -0.4 is 11.1 Å². The number of nitrogens with one attached hydrogen (secondary N) is 1. The van der Waals surface area contributed by atoms with Crippen LogP contribution >= 0.6 is 0 Å². The Kier molecular flexibility index (Phi) is 6.18. The number of hydrogen-bond acceptors (Lipinski definition) is 4. The zero-order valence-electron chi connectivity index (χ0n) is 9.73. The van der Waals surface area contributed by atoms with Gasteiger partial charge in [0.2, 0.25) is 0 Å². The molecule has 5 heteroatoms. The lowest BCUT2D eigenvalue weighted by molar-refractivity contribution is 0.192. The van der Waals surface area contributed by atoms with Crippen molar-refractivity contribution in [2.45, 2.75) is 32.1 Å². The molecule has 94 valence electrons. The lowest BCUT2D eigenvalue weighted by Gasteiger charge is -2.17. The maximum absolute atomic E-state index is 9.16. The highest BCUT2D eigenvalue weighted by Gasteiger charge is 2.25. The van der Waals surface area contributed by atoms with Crippen LogP contribution in [0, 0.1) is 11.8 Å². The molecule has 5 nitrogen and oxygen atoms in total. The Balaban J connectivity index is 2.02. The standard InChI is InChI=1S/C11H23N3O2/c12-11(14-16)5-2-6-13-7-9-3-1-4-10(9)8-15/h9-10,13,15-16H,1-8H2,(H2,12,14). The molecule has 1 saturated carbocycles. The third-order valence-corrected chi connectivity index (χ3v) is 3.37. The number of rotatable bonds is 7. The molecule has 5 N–H and O–H groups in total. The molecule has 0 bridgehead atoms. The molecule has 0 aromatic heterocycles. The summed E-state index contributed by atoms with van der Waals surface area (Å²) in [6, 6.07) is 0. The number of amidine groups is 1. The average molecular weight is 229 g/mol. The molecule has 1 aliphatic carbocycles. The summed E-state index contributed by atoms with van der Waals surface area (Å²) in [5.41, 5.74) is 5.36. The van der Waals surface area contributed by atoms with Crippen LogP contribution in [0.1, 0.15) is 32.1 Å². The van der Waals surface area contributed by atoms with Crippen molar-refractivity contribution in [1.82, 2.24) is 5.32 Å². The van der Waals surface area contributed by atoms with Crippen molar-refractivity contribution in [2.24, 2.45) is 22.7 Å². The normalized spacial score (nSPS) is 26.2. The molecular formula is C11H23N3O2. The van der Waals surface area contributed by atoms with Gasteiger partial charge in [0.05, 0.1) is 0 Å². The van der Waals surface area contributed by atoms with E-state index in [-0.39, 0.29) is 5.84 Å². The van der Waals surface area contributed by atoms with Crippen LogP contribution in [0.5, 0.6) is 0 Å². The Morgan fingerprint density at radius 3 is 2.81 bits per heavy atom. The smallest absolute Gasteiger partial charge is 0.139 e. The molecule has 0 aliphatic heterocycles. The molecule has 0 aromatic rings. The summed E-state index contributed by atoms with van der Waals surface area (Å²) >= 11 is 0. The first kappa shape index (κ1) is 13.3. The van der Waals surface area contributed by atoms with Gasteiger partial charge in [-0.2, -0.15) is 0 Å². The minimum Gasteiger partial charge on any atom is -0.409 e. The van der Waals surface area contributed by atoms with E-state index in [1.54, 1.807) is 0 Å². The highest BCUT2D eigenvalue weighted by molar-refractivity contribution is 5.79. The van der Waals surface area contributed by atoms with E-state index < -0.39 is 0 Å². The van der Waals surface area contributed by atoms with E-state index in [1.165, 1.54) is 12.8 Å². The van der Waals surface area contributed by atoms with E-state index in [0.717, 1.165) is 25.9 Å². The Morgan fingerprint density at radius 1 is 1.38 bits per heavy atom. The third-order valence-electron chi connectivity index (χ3n) is 3.37. The van der Waals surface area contributed by atoms with E-state index in [4.69, 9.17) is 16.0 Å². The second-order valence-corrected chi connectivity index (χ2v) is 4.53. The van der Waals surface area contributed by atoms with Gasteiger partial charge in [0.15, 0.2) is 0 Å². The van der Waals surface area contributed by atoms with Crippen molar-refractivity contribution >= 4 is 5.84 Å². The fourth-order valence-electron chi connectivity index (χ4n) is 2.35. The molecule has 0 saturated heterocycles. The van der Waals surface area contributed by atoms with Crippen LogP contribution in [0.25, 0.3) is 0 Å². The predicted octanol–water partition coefficient (Wildman–Crippen LogP) is 0.511. The number of hydrogen-bond donors (Lipinski definition) is 4. The largest absolute Gasteiger partial charge is 0.409 e. The maximum Gasteiger partial charge on any atom is 0.139 e. The van der Waals surface area contributed by atoms with Crippen molar-refractivity contribution in [3.63, 3.8) is 0 Å². The molecule has 2 unspecified atom stereocenters. The van der Waals surface area contributed by atoms with E-state index in [0.29, 0.717) is 24.9 Å². The van der Waals surface area contributed by atoms with E-state index in [2.05, 4.69) is 10.5 Å². The second kappa shape index (κ2) is 7.46. The zero-order chi connectivity index (χ0) is 11.8. The summed E-state index contributed by atoms with van der Waals surface area (Å²) in [5.74, 6) is 1.39. The Hall–Kier alpha value is -0.810. The van der Waals surface area contributed by atoms with Gasteiger partial charge in [-0.25, -0.2) is 0 Å². The molecule has 1 fully saturated rings. The summed E-state index contributed by atoms with van der Waals surface area (Å²) in [7, 11) is 0. The number of nitrogens with two attached hydrogens (primary N) is 1. The van der Waals surface area contributed by atoms with Gasteiger partial charge in [-0.3, -0.25) is 0 Å². The van der Waals surface area contributed by atoms with Crippen molar-refractivity contribution in [3.05, 3.63) is 0 Å². The fourth-order valence-corrected chi connectivity index (χ4v) is 2.35. The quantitative estimate of drug-likeness (QED) is 0.168. The molecule has 0 heterocycles. The number of oxime groups is 1. The first-order chi connectivity index (χ1) is 7.77. The molecule has 0 spiro atoms. The molecule has 1 rings (SSSR count). The van der Waals surface area contributed by atoms with Crippen LogP contribution in [0.4, 0.5) is 0 Å². The van der Waals surface area contributed by atoms with Gasteiger partial charge < -0.3 is 21.4 Å². The highest BCUT2D eigenvalue weighted by atomic mass is 16.4. The molecule has 1 aliphatic rings. The van der Waals surface area contributed by atoms with Crippen LogP contribution in [-0.4, -0.2) is 35.8 Å². The van der Waals surface area contributed by atoms with Gasteiger partial charge in [0.25, 0.3) is 0 Å². The minimum absolute atomic E-state index is 0.288. The lowest BCUT2D eigenvalue weighted by atomic mass is 9.97. The number of nitrogens with zero attached hydrogens (tertiary/aromatic N) is 1. The zero-order valence-corrected chi connectivity index (χ0v) is 9.73. The first-order valence-electron chi connectivity index (χ1n) is 6.06. The molecular weight excluding hydrogens is 206 g/mol. The van der Waals surface area contributed by atoms with Gasteiger partial charge in [-0.05, 0) is 44.2 Å². The van der Waals surface area contributed by atoms with Gasteiger partial charge >= 0.3 is 0 Å². The maximum atomic E-state index is 9.16. The monoisotopic (exact) mass is 229 g/mol. The second-order valence-electron chi connectivity index (χ2n) is 4.53. The van der Waals surface area contributed by atoms with E-state index >= 15 is 0 Å². The Morgan fingerprint density at radius 2 is 2.12 bits per heavy atom. The van der Waals surface area contributed by atoms with Gasteiger partial charge in [-0.15, -0.1) is 0 Å². The topological polar surface area (TPSA) is 90.9 Å². The summed E-state index contributed by atoms with van der Waals surface area (Å²) < 4.78 is 0. The third kappa shape index (κ3) is 4.37. The lowest BCUT2D eigenvalue weighted by Crippen LogP contribution is -2.28. The first-order valence-corrected chi connectivity index (χ1v) is 6.06. The van der Waals surface area contributed by atoms with Crippen LogP contribution in [0.15, 0.2) is 5.16 Å². The number of aliphatic hydroxyl groups excluding tert-OH is 1. The van der Waals surface area contributed by atoms with Crippen molar-refractivity contribution in [3.8, 4) is 0 Å². The van der Waals surface area contributed by atoms with Gasteiger partial charge in [0, 0.05) is 13.0 Å². The number of aliphatic hydroxyl groups is 1. The van der Waals surface area contributed by atoms with Crippen molar-refractivity contribution < 1.29 is 10.3 Å². The van der Waals surface area contributed by atoms with Crippen molar-refractivity contribution in [1.29, 1.82) is 0 Å². The van der Waals surface area contributed by atoms with Crippen molar-refractivity contribution in [2.75, 3.05) is 19.7 Å². The summed E-state index contributed by atoms with van der Waals surface area (Å²) in [6.45, 7) is 2.17. The minimum atomic E-state index is 0.288. The average Bonchev–Trinajstić information content (AvgIpc) is 2.75. The highest BCUT2D eigenvalue weighted by Crippen LogP contribution is 2.30. The SMILES string of the molecule is NC(CCCNCC1CCCC1CO)=NO. The van der Waals surface area contributed by atoms with Gasteiger partial charge in [-0.1, -0.05) is 11.6 Å². The molecule has 0 radical (unpaired) electrons. The molecule has 0 aromatic carbocycles. The predicted molar refractivity (Wildman–Crippen MR) is 63.4 cm³/mol. The van der Waals surface area contributed by atoms with Crippen LogP contribution in [0.3, 0.4) is 0 Å². The van der Waals surface area contributed by atoms with E-state index in [9.17, 15) is 0 Å². The molecule has 0 amide bonds. The summed E-state index contributed by atoms with van der Waals surface area (Å²) in [6.07, 6.45) is 5.12. The van der Waals surface area contributed by atoms with Crippen LogP contribution in [-0.2, 0) is 0 Å². The fraction of sp³-hybridized carbons (Fsp3) is 0.909. The van der Waals surface area contributed by atoms with Gasteiger partial charge in [0.1, 0.15) is 5.84 Å². The Bertz CT molecular complexity index is 221. The summed E-state index contributed by atoms with van der Waals surface area (Å²) in [5, 5.41) is 23.8. The van der Waals surface area contributed by atoms with Crippen LogP contribution in [0.2, 0.25) is 0 Å². The summed E-state index contributed by atoms with van der Waals surface area (Å²) in [4.78, 5) is 0. The Labute approximate surface area is 96.7 Å². The molecule has 16 heavy (non-hydrogen) atoms. The van der Waals surface area contributed by atoms with E-state index in [1.807, 2.05) is 0 Å². The molecule has 2 atom stereocenters.